The topological polar surface area (TPSA) is 32.5 Å². The van der Waals surface area contributed by atoms with Gasteiger partial charge >= 0.3 is 0 Å². The van der Waals surface area contributed by atoms with Gasteiger partial charge in [-0.15, -0.1) is 0 Å². The van der Waals surface area contributed by atoms with Crippen LogP contribution in [0.3, 0.4) is 0 Å². The molecule has 4 heteroatoms. The summed E-state index contributed by atoms with van der Waals surface area (Å²) < 4.78 is 13.5. The quantitative estimate of drug-likeness (QED) is 0.904. The molecule has 0 amide bonds. The smallest absolute Gasteiger partial charge is 0.125 e. The van der Waals surface area contributed by atoms with Gasteiger partial charge in [0.25, 0.3) is 0 Å². The summed E-state index contributed by atoms with van der Waals surface area (Å²) in [5, 5.41) is 0. The maximum Gasteiger partial charge on any atom is 0.125 e. The predicted molar refractivity (Wildman–Crippen MR) is 77.8 cm³/mol. The van der Waals surface area contributed by atoms with Crippen LogP contribution in [0.2, 0.25) is 0 Å². The first-order chi connectivity index (χ1) is 9.08. The third-order valence-corrected chi connectivity index (χ3v) is 3.54. The number of hydrogen-bond donors (Lipinski definition) is 1. The van der Waals surface area contributed by atoms with Crippen LogP contribution in [0.5, 0.6) is 0 Å². The molecule has 0 atom stereocenters. The Bertz CT molecular complexity index is 412. The summed E-state index contributed by atoms with van der Waals surface area (Å²) in [5.74, 6) is 0.507. The molecule has 1 heterocycles. The number of benzene rings is 1. The van der Waals surface area contributed by atoms with Crippen LogP contribution in [-0.2, 0) is 6.54 Å². The Hall–Kier alpha value is -1.13. The Morgan fingerprint density at radius 2 is 1.84 bits per heavy atom. The van der Waals surface area contributed by atoms with E-state index in [0.717, 1.165) is 44.0 Å². The zero-order valence-electron chi connectivity index (χ0n) is 11.9. The van der Waals surface area contributed by atoms with E-state index >= 15 is 0 Å². The third-order valence-electron chi connectivity index (χ3n) is 3.54. The minimum atomic E-state index is -0.192. The van der Waals surface area contributed by atoms with Crippen molar-refractivity contribution in [2.24, 2.45) is 11.7 Å². The molecule has 0 bridgehead atoms. The van der Waals surface area contributed by atoms with Gasteiger partial charge in [-0.3, -0.25) is 4.90 Å². The summed E-state index contributed by atoms with van der Waals surface area (Å²) in [6.45, 7) is 10.0. The van der Waals surface area contributed by atoms with E-state index in [2.05, 4.69) is 23.6 Å². The van der Waals surface area contributed by atoms with Gasteiger partial charge in [-0.2, -0.15) is 0 Å². The Balaban J connectivity index is 1.99. The lowest BCUT2D eigenvalue weighted by Crippen LogP contribution is -2.47. The molecule has 0 aromatic heterocycles. The van der Waals surface area contributed by atoms with Crippen molar-refractivity contribution < 1.29 is 4.39 Å². The van der Waals surface area contributed by atoms with E-state index in [0.29, 0.717) is 12.5 Å². The first-order valence-corrected chi connectivity index (χ1v) is 7.05. The SMILES string of the molecule is CC(C)CN1CCN(c2cc(F)cc(CN)c2)CC1. The Morgan fingerprint density at radius 3 is 2.42 bits per heavy atom. The van der Waals surface area contributed by atoms with E-state index in [4.69, 9.17) is 5.73 Å². The maximum absolute atomic E-state index is 13.5. The van der Waals surface area contributed by atoms with E-state index in [1.807, 2.05) is 6.07 Å². The van der Waals surface area contributed by atoms with Crippen LogP contribution < -0.4 is 10.6 Å². The monoisotopic (exact) mass is 265 g/mol. The summed E-state index contributed by atoms with van der Waals surface area (Å²) in [7, 11) is 0. The first kappa shape index (κ1) is 14.3. The molecule has 1 fully saturated rings. The summed E-state index contributed by atoms with van der Waals surface area (Å²) in [6, 6.07) is 5.12. The summed E-state index contributed by atoms with van der Waals surface area (Å²) in [6.07, 6.45) is 0. The van der Waals surface area contributed by atoms with Crippen LogP contribution in [0.25, 0.3) is 0 Å². The van der Waals surface area contributed by atoms with Crippen molar-refractivity contribution in [3.63, 3.8) is 0 Å². The van der Waals surface area contributed by atoms with Crippen molar-refractivity contribution in [1.82, 2.24) is 4.90 Å². The average Bonchev–Trinajstić information content (AvgIpc) is 2.38. The average molecular weight is 265 g/mol. The summed E-state index contributed by atoms with van der Waals surface area (Å²) in [4.78, 5) is 4.73. The second-order valence-electron chi connectivity index (χ2n) is 5.70. The number of piperazine rings is 1. The van der Waals surface area contributed by atoms with Crippen molar-refractivity contribution in [3.8, 4) is 0 Å². The summed E-state index contributed by atoms with van der Waals surface area (Å²) >= 11 is 0. The molecule has 0 radical (unpaired) electrons. The molecule has 0 saturated carbocycles. The molecular weight excluding hydrogens is 241 g/mol. The maximum atomic E-state index is 13.5. The van der Waals surface area contributed by atoms with Crippen LogP contribution in [0, 0.1) is 11.7 Å². The van der Waals surface area contributed by atoms with Gasteiger partial charge in [0.2, 0.25) is 0 Å². The largest absolute Gasteiger partial charge is 0.369 e. The van der Waals surface area contributed by atoms with Gasteiger partial charge in [0, 0.05) is 45.0 Å². The van der Waals surface area contributed by atoms with Gasteiger partial charge in [0.15, 0.2) is 0 Å². The van der Waals surface area contributed by atoms with Crippen molar-refractivity contribution in [3.05, 3.63) is 29.6 Å². The zero-order valence-corrected chi connectivity index (χ0v) is 11.9. The molecule has 2 rings (SSSR count). The molecule has 19 heavy (non-hydrogen) atoms. The van der Waals surface area contributed by atoms with E-state index in [-0.39, 0.29) is 5.82 Å². The Labute approximate surface area is 115 Å². The number of hydrogen-bond acceptors (Lipinski definition) is 3. The highest BCUT2D eigenvalue weighted by Crippen LogP contribution is 2.20. The zero-order chi connectivity index (χ0) is 13.8. The highest BCUT2D eigenvalue weighted by molar-refractivity contribution is 5.49. The fraction of sp³-hybridized carbons (Fsp3) is 0.600. The van der Waals surface area contributed by atoms with Gasteiger partial charge in [-0.1, -0.05) is 13.8 Å². The van der Waals surface area contributed by atoms with Gasteiger partial charge in [0.1, 0.15) is 5.82 Å². The van der Waals surface area contributed by atoms with Gasteiger partial charge in [-0.05, 0) is 29.7 Å². The van der Waals surface area contributed by atoms with Crippen molar-refractivity contribution in [2.75, 3.05) is 37.6 Å². The predicted octanol–water partition coefficient (Wildman–Crippen LogP) is 2.06. The molecule has 1 saturated heterocycles. The number of nitrogens with two attached hydrogens (primary N) is 1. The van der Waals surface area contributed by atoms with Crippen LogP contribution in [0.15, 0.2) is 18.2 Å². The molecule has 1 aliphatic heterocycles. The van der Waals surface area contributed by atoms with Crippen molar-refractivity contribution in [2.45, 2.75) is 20.4 Å². The first-order valence-electron chi connectivity index (χ1n) is 7.05. The lowest BCUT2D eigenvalue weighted by molar-refractivity contribution is 0.231. The van der Waals surface area contributed by atoms with Gasteiger partial charge in [-0.25, -0.2) is 4.39 Å². The van der Waals surface area contributed by atoms with Crippen LogP contribution in [0.4, 0.5) is 10.1 Å². The highest BCUT2D eigenvalue weighted by atomic mass is 19.1. The molecule has 0 spiro atoms. The number of nitrogens with zero attached hydrogens (tertiary/aromatic N) is 2. The fourth-order valence-electron chi connectivity index (χ4n) is 2.64. The second-order valence-corrected chi connectivity index (χ2v) is 5.70. The Morgan fingerprint density at radius 1 is 1.16 bits per heavy atom. The molecular formula is C15H24FN3. The second kappa shape index (κ2) is 6.35. The molecule has 0 unspecified atom stereocenters. The van der Waals surface area contributed by atoms with E-state index in [1.165, 1.54) is 6.07 Å². The van der Waals surface area contributed by atoms with Crippen LogP contribution in [-0.4, -0.2) is 37.6 Å². The van der Waals surface area contributed by atoms with Crippen molar-refractivity contribution >= 4 is 5.69 Å². The highest BCUT2D eigenvalue weighted by Gasteiger charge is 2.18. The molecule has 1 aromatic carbocycles. The number of anilines is 1. The lowest BCUT2D eigenvalue weighted by atomic mass is 10.1. The molecule has 106 valence electrons. The van der Waals surface area contributed by atoms with E-state index < -0.39 is 0 Å². The number of rotatable bonds is 4. The minimum absolute atomic E-state index is 0.192. The normalized spacial score (nSPS) is 17.2. The minimum Gasteiger partial charge on any atom is -0.369 e. The Kier molecular flexibility index (Phi) is 4.77. The lowest BCUT2D eigenvalue weighted by Gasteiger charge is -2.37. The molecule has 3 nitrogen and oxygen atoms in total. The van der Waals surface area contributed by atoms with Crippen LogP contribution >= 0.6 is 0 Å². The number of halogens is 1. The summed E-state index contributed by atoms with van der Waals surface area (Å²) in [5.41, 5.74) is 7.42. The van der Waals surface area contributed by atoms with Gasteiger partial charge < -0.3 is 10.6 Å². The molecule has 2 N–H and O–H groups in total. The fourth-order valence-corrected chi connectivity index (χ4v) is 2.64. The standard InChI is InChI=1S/C15H24FN3/c1-12(2)11-18-3-5-19(6-4-18)15-8-13(10-17)7-14(16)9-15/h7-9,12H,3-6,10-11,17H2,1-2H3. The molecule has 1 aromatic rings. The third kappa shape index (κ3) is 3.91. The van der Waals surface area contributed by atoms with Gasteiger partial charge in [0.05, 0.1) is 0 Å². The molecule has 0 aliphatic carbocycles. The van der Waals surface area contributed by atoms with Crippen molar-refractivity contribution in [1.29, 1.82) is 0 Å². The van der Waals surface area contributed by atoms with E-state index in [9.17, 15) is 4.39 Å². The van der Waals surface area contributed by atoms with E-state index in [1.54, 1.807) is 6.07 Å². The van der Waals surface area contributed by atoms with Crippen LogP contribution in [0.1, 0.15) is 19.4 Å². The molecule has 1 aliphatic rings.